The Balaban J connectivity index is 1.44. The fourth-order valence-corrected chi connectivity index (χ4v) is 4.02. The maximum Gasteiger partial charge on any atom is 0.270 e. The Morgan fingerprint density at radius 2 is 1.81 bits per heavy atom. The van der Waals surface area contributed by atoms with E-state index in [1.54, 1.807) is 18.5 Å². The summed E-state index contributed by atoms with van der Waals surface area (Å²) in [5, 5.41) is 0. The summed E-state index contributed by atoms with van der Waals surface area (Å²) >= 11 is 0. The van der Waals surface area contributed by atoms with Crippen LogP contribution in [0.2, 0.25) is 0 Å². The van der Waals surface area contributed by atoms with Gasteiger partial charge in [0.1, 0.15) is 17.8 Å². The summed E-state index contributed by atoms with van der Waals surface area (Å²) in [6, 6.07) is 6.78. The van der Waals surface area contributed by atoms with Gasteiger partial charge in [0.25, 0.3) is 5.91 Å². The molecule has 7 heteroatoms. The van der Waals surface area contributed by atoms with E-state index >= 15 is 0 Å². The minimum atomic E-state index is -0.246. The lowest BCUT2D eigenvalue weighted by Crippen LogP contribution is -2.34. The van der Waals surface area contributed by atoms with Crippen LogP contribution in [0.3, 0.4) is 0 Å². The van der Waals surface area contributed by atoms with Crippen molar-refractivity contribution >= 4 is 11.7 Å². The van der Waals surface area contributed by atoms with Crippen molar-refractivity contribution in [3.63, 3.8) is 0 Å². The molecule has 2 atom stereocenters. The zero-order valence-corrected chi connectivity index (χ0v) is 16.0. The number of pyridine rings is 1. The molecule has 0 spiro atoms. The smallest absolute Gasteiger partial charge is 0.270 e. The first kappa shape index (κ1) is 17.7. The molecule has 4 heterocycles. The van der Waals surface area contributed by atoms with E-state index in [4.69, 9.17) is 0 Å². The summed E-state index contributed by atoms with van der Waals surface area (Å²) in [5.41, 5.74) is 1.15. The van der Waals surface area contributed by atoms with Crippen LogP contribution < -0.4 is 10.5 Å². The van der Waals surface area contributed by atoms with Crippen molar-refractivity contribution in [2.24, 2.45) is 11.8 Å². The highest BCUT2D eigenvalue weighted by Gasteiger charge is 2.42. The number of rotatable bonds is 2. The van der Waals surface area contributed by atoms with Crippen LogP contribution >= 0.6 is 0 Å². The standard InChI is InChI=1S/C20H25N5O2/c1-20(2,3)16-7-17(22-12-21-16)24-8-13-10-25(11-14(13)9-24)19(27)15-5-4-6-18(26)23-15/h4-7,12-14H,8-11H2,1-3H3,(H,23,26). The Bertz CT molecular complexity index is 903. The highest BCUT2D eigenvalue weighted by atomic mass is 16.2. The Kier molecular flexibility index (Phi) is 4.25. The molecule has 1 N–H and O–H groups in total. The number of nitrogens with zero attached hydrogens (tertiary/aromatic N) is 4. The van der Waals surface area contributed by atoms with Gasteiger partial charge in [-0.15, -0.1) is 0 Å². The molecular formula is C20H25N5O2. The topological polar surface area (TPSA) is 82.2 Å². The second kappa shape index (κ2) is 6.48. The maximum absolute atomic E-state index is 12.7. The second-order valence-electron chi connectivity index (χ2n) is 8.58. The van der Waals surface area contributed by atoms with Gasteiger partial charge in [0.15, 0.2) is 0 Å². The number of aromatic amines is 1. The minimum absolute atomic E-state index is 0.0108. The van der Waals surface area contributed by atoms with E-state index in [1.165, 1.54) is 6.07 Å². The average molecular weight is 367 g/mol. The molecule has 142 valence electrons. The summed E-state index contributed by atoms with van der Waals surface area (Å²) in [5.74, 6) is 1.73. The highest BCUT2D eigenvalue weighted by Crippen LogP contribution is 2.34. The number of carbonyl (C=O) groups excluding carboxylic acids is 1. The number of aromatic nitrogens is 3. The zero-order chi connectivity index (χ0) is 19.2. The summed E-state index contributed by atoms with van der Waals surface area (Å²) in [6.07, 6.45) is 1.64. The summed E-state index contributed by atoms with van der Waals surface area (Å²) in [7, 11) is 0. The summed E-state index contributed by atoms with van der Waals surface area (Å²) < 4.78 is 0. The minimum Gasteiger partial charge on any atom is -0.356 e. The van der Waals surface area contributed by atoms with Crippen LogP contribution in [-0.4, -0.2) is 51.9 Å². The normalized spacial score (nSPS) is 22.2. The second-order valence-corrected chi connectivity index (χ2v) is 8.58. The van der Waals surface area contributed by atoms with Crippen LogP contribution in [0, 0.1) is 11.8 Å². The third-order valence-corrected chi connectivity index (χ3v) is 5.52. The Labute approximate surface area is 158 Å². The van der Waals surface area contributed by atoms with E-state index in [0.29, 0.717) is 30.6 Å². The number of nitrogens with one attached hydrogen (secondary N) is 1. The first-order chi connectivity index (χ1) is 12.8. The predicted octanol–water partition coefficient (Wildman–Crippen LogP) is 1.67. The molecule has 2 aliphatic rings. The number of likely N-dealkylation sites (tertiary alicyclic amines) is 1. The van der Waals surface area contributed by atoms with E-state index in [0.717, 1.165) is 24.6 Å². The van der Waals surface area contributed by atoms with Gasteiger partial charge >= 0.3 is 0 Å². The number of amides is 1. The molecule has 2 unspecified atom stereocenters. The molecule has 2 aliphatic heterocycles. The molecule has 2 fully saturated rings. The zero-order valence-electron chi connectivity index (χ0n) is 16.0. The van der Waals surface area contributed by atoms with Crippen molar-refractivity contribution < 1.29 is 4.79 Å². The predicted molar refractivity (Wildman–Crippen MR) is 103 cm³/mol. The number of fused-ring (bicyclic) bond motifs is 1. The fraction of sp³-hybridized carbons (Fsp3) is 0.500. The van der Waals surface area contributed by atoms with Crippen molar-refractivity contribution in [3.8, 4) is 0 Å². The van der Waals surface area contributed by atoms with Crippen LogP contribution in [0.25, 0.3) is 0 Å². The van der Waals surface area contributed by atoms with Crippen molar-refractivity contribution in [3.05, 3.63) is 52.3 Å². The van der Waals surface area contributed by atoms with Gasteiger partial charge in [0.05, 0.1) is 5.69 Å². The third-order valence-electron chi connectivity index (χ3n) is 5.52. The van der Waals surface area contributed by atoms with Crippen LogP contribution in [0.4, 0.5) is 5.82 Å². The van der Waals surface area contributed by atoms with Crippen molar-refractivity contribution in [2.75, 3.05) is 31.1 Å². The first-order valence-corrected chi connectivity index (χ1v) is 9.37. The van der Waals surface area contributed by atoms with E-state index in [-0.39, 0.29) is 16.9 Å². The molecular weight excluding hydrogens is 342 g/mol. The van der Waals surface area contributed by atoms with Gasteiger partial charge in [-0.25, -0.2) is 9.97 Å². The number of anilines is 1. The van der Waals surface area contributed by atoms with Gasteiger partial charge in [-0.05, 0) is 6.07 Å². The third kappa shape index (κ3) is 3.46. The Morgan fingerprint density at radius 3 is 2.44 bits per heavy atom. The number of hydrogen-bond acceptors (Lipinski definition) is 5. The molecule has 0 saturated carbocycles. The number of carbonyl (C=O) groups is 1. The molecule has 1 amide bonds. The lowest BCUT2D eigenvalue weighted by molar-refractivity contribution is 0.0776. The van der Waals surface area contributed by atoms with Gasteiger partial charge in [-0.1, -0.05) is 26.8 Å². The molecule has 0 bridgehead atoms. The van der Waals surface area contributed by atoms with Gasteiger partial charge in [-0.2, -0.15) is 0 Å². The van der Waals surface area contributed by atoms with Crippen molar-refractivity contribution in [2.45, 2.75) is 26.2 Å². The Hall–Kier alpha value is -2.70. The molecule has 27 heavy (non-hydrogen) atoms. The molecule has 2 aromatic rings. The quantitative estimate of drug-likeness (QED) is 0.873. The van der Waals surface area contributed by atoms with Gasteiger partial charge in [0.2, 0.25) is 5.56 Å². The van der Waals surface area contributed by atoms with Crippen LogP contribution in [0.5, 0.6) is 0 Å². The van der Waals surface area contributed by atoms with Gasteiger partial charge < -0.3 is 14.8 Å². The van der Waals surface area contributed by atoms with E-state index in [9.17, 15) is 9.59 Å². The summed E-state index contributed by atoms with van der Waals surface area (Å²) in [4.78, 5) is 39.8. The molecule has 0 aromatic carbocycles. The lowest BCUT2D eigenvalue weighted by atomic mass is 9.92. The van der Waals surface area contributed by atoms with Gasteiger partial charge in [0, 0.05) is 55.6 Å². The van der Waals surface area contributed by atoms with E-state index in [2.05, 4.69) is 46.7 Å². The molecule has 2 saturated heterocycles. The van der Waals surface area contributed by atoms with Crippen LogP contribution in [0.1, 0.15) is 37.0 Å². The largest absolute Gasteiger partial charge is 0.356 e. The molecule has 0 radical (unpaired) electrons. The molecule has 2 aromatic heterocycles. The van der Waals surface area contributed by atoms with Crippen molar-refractivity contribution in [1.29, 1.82) is 0 Å². The first-order valence-electron chi connectivity index (χ1n) is 9.37. The van der Waals surface area contributed by atoms with E-state index < -0.39 is 0 Å². The van der Waals surface area contributed by atoms with E-state index in [1.807, 2.05) is 4.90 Å². The Morgan fingerprint density at radius 1 is 1.11 bits per heavy atom. The van der Waals surface area contributed by atoms with Crippen LogP contribution in [-0.2, 0) is 5.41 Å². The number of H-pyrrole nitrogens is 1. The van der Waals surface area contributed by atoms with Crippen LogP contribution in [0.15, 0.2) is 35.4 Å². The molecule has 0 aliphatic carbocycles. The monoisotopic (exact) mass is 367 g/mol. The SMILES string of the molecule is CC(C)(C)c1cc(N2CC3CN(C(=O)c4cccc(=O)[nH]4)CC3C2)ncn1. The maximum atomic E-state index is 12.7. The van der Waals surface area contributed by atoms with Gasteiger partial charge in [-0.3, -0.25) is 9.59 Å². The lowest BCUT2D eigenvalue weighted by Gasteiger charge is -2.24. The molecule has 7 nitrogen and oxygen atoms in total. The molecule has 4 rings (SSSR count). The average Bonchev–Trinajstić information content (AvgIpc) is 3.19. The van der Waals surface area contributed by atoms with Crippen molar-refractivity contribution in [1.82, 2.24) is 19.9 Å². The number of hydrogen-bond donors (Lipinski definition) is 1. The summed E-state index contributed by atoms with van der Waals surface area (Å²) in [6.45, 7) is 9.66. The fourth-order valence-electron chi connectivity index (χ4n) is 4.02. The highest BCUT2D eigenvalue weighted by molar-refractivity contribution is 5.92.